The topological polar surface area (TPSA) is 72.2 Å². The number of rotatable bonds is 13. The molecule has 194 valence electrons. The lowest BCUT2D eigenvalue weighted by Crippen LogP contribution is -2.15. The number of nitrogens with zero attached hydrogens (tertiary/aromatic N) is 1. The van der Waals surface area contributed by atoms with Crippen molar-refractivity contribution in [2.45, 2.75) is 90.4 Å². The summed E-state index contributed by atoms with van der Waals surface area (Å²) in [5.41, 5.74) is 6.06. The molecule has 0 fully saturated rings. The second-order valence-electron chi connectivity index (χ2n) is 9.56. The number of allylic oxidation sites excluding steroid dienone is 1. The summed E-state index contributed by atoms with van der Waals surface area (Å²) in [6.45, 7) is 14.2. The molecule has 0 bridgehead atoms. The normalized spacial score (nSPS) is 12.5. The zero-order valence-corrected chi connectivity index (χ0v) is 23.2. The monoisotopic (exact) mass is 508 g/mol. The molecule has 0 amide bonds. The Balaban J connectivity index is 2.05. The standard InChI is InChI=1S/C30H40N2O3S/c1-7-10-11-12-16-24(9-3)25-19-20-27(26(15-8-2)22(25)5)28-17-13-14-18-29(28)36(33,34)32-30-21(4)23(6)35-31-30/h9,13-14,17-20,24H,3,7-8,10-12,15-16H2,1-2,4-6H3,(H,31,32). The zero-order chi connectivity index (χ0) is 26.3. The fourth-order valence-corrected chi connectivity index (χ4v) is 6.09. The van der Waals surface area contributed by atoms with Gasteiger partial charge in [-0.1, -0.05) is 87.5 Å². The van der Waals surface area contributed by atoms with Crippen LogP contribution in [-0.2, 0) is 16.4 Å². The molecule has 1 aromatic heterocycles. The lowest BCUT2D eigenvalue weighted by molar-refractivity contribution is 0.399. The molecule has 0 aliphatic rings. The van der Waals surface area contributed by atoms with Crippen molar-refractivity contribution >= 4 is 15.8 Å². The van der Waals surface area contributed by atoms with E-state index in [0.717, 1.165) is 24.8 Å². The summed E-state index contributed by atoms with van der Waals surface area (Å²) in [6.07, 6.45) is 9.89. The minimum absolute atomic E-state index is 0.222. The largest absolute Gasteiger partial charge is 0.359 e. The van der Waals surface area contributed by atoms with Crippen molar-refractivity contribution in [2.24, 2.45) is 0 Å². The lowest BCUT2D eigenvalue weighted by Gasteiger charge is -2.22. The van der Waals surface area contributed by atoms with E-state index in [4.69, 9.17) is 4.52 Å². The van der Waals surface area contributed by atoms with E-state index in [1.807, 2.05) is 12.1 Å². The molecule has 5 nitrogen and oxygen atoms in total. The van der Waals surface area contributed by atoms with E-state index < -0.39 is 10.0 Å². The number of aryl methyl sites for hydroxylation is 1. The Bertz CT molecular complexity index is 1290. The van der Waals surface area contributed by atoms with Crippen LogP contribution in [0.2, 0.25) is 0 Å². The van der Waals surface area contributed by atoms with Gasteiger partial charge in [0.1, 0.15) is 5.76 Å². The number of unbranched alkanes of at least 4 members (excludes halogenated alkanes) is 3. The van der Waals surface area contributed by atoms with Crippen LogP contribution in [0.4, 0.5) is 5.82 Å². The van der Waals surface area contributed by atoms with Crippen molar-refractivity contribution in [2.75, 3.05) is 4.72 Å². The Labute approximate surface area is 217 Å². The van der Waals surface area contributed by atoms with Gasteiger partial charge in [0.05, 0.1) is 4.90 Å². The predicted molar refractivity (Wildman–Crippen MR) is 149 cm³/mol. The highest BCUT2D eigenvalue weighted by Gasteiger charge is 2.24. The highest BCUT2D eigenvalue weighted by Crippen LogP contribution is 2.37. The maximum absolute atomic E-state index is 13.5. The maximum Gasteiger partial charge on any atom is 0.263 e. The van der Waals surface area contributed by atoms with Gasteiger partial charge in [0, 0.05) is 17.0 Å². The fourth-order valence-electron chi connectivity index (χ4n) is 4.81. The van der Waals surface area contributed by atoms with E-state index in [1.54, 1.807) is 26.0 Å². The molecular weight excluding hydrogens is 468 g/mol. The third-order valence-electron chi connectivity index (χ3n) is 7.05. The molecule has 0 saturated heterocycles. The first-order valence-corrected chi connectivity index (χ1v) is 14.5. The molecule has 0 aliphatic carbocycles. The summed E-state index contributed by atoms with van der Waals surface area (Å²) in [7, 11) is -3.88. The van der Waals surface area contributed by atoms with Crippen LogP contribution in [0.1, 0.15) is 86.3 Å². The number of benzene rings is 2. The van der Waals surface area contributed by atoms with Crippen molar-refractivity contribution in [3.05, 3.63) is 77.1 Å². The fraction of sp³-hybridized carbons (Fsp3) is 0.433. The van der Waals surface area contributed by atoms with Crippen LogP contribution in [0.5, 0.6) is 0 Å². The van der Waals surface area contributed by atoms with E-state index >= 15 is 0 Å². The maximum atomic E-state index is 13.5. The van der Waals surface area contributed by atoms with Crippen molar-refractivity contribution < 1.29 is 12.9 Å². The number of aromatic nitrogens is 1. The predicted octanol–water partition coefficient (Wildman–Crippen LogP) is 8.26. The first kappa shape index (κ1) is 27.7. The molecule has 1 atom stereocenters. The zero-order valence-electron chi connectivity index (χ0n) is 22.4. The van der Waals surface area contributed by atoms with Gasteiger partial charge >= 0.3 is 0 Å². The molecule has 6 heteroatoms. The highest BCUT2D eigenvalue weighted by atomic mass is 32.2. The number of hydrogen-bond donors (Lipinski definition) is 1. The van der Waals surface area contributed by atoms with Crippen LogP contribution < -0.4 is 4.72 Å². The molecule has 0 aliphatic heterocycles. The van der Waals surface area contributed by atoms with Gasteiger partial charge < -0.3 is 4.52 Å². The molecule has 36 heavy (non-hydrogen) atoms. The van der Waals surface area contributed by atoms with Gasteiger partial charge in [-0.2, -0.15) is 0 Å². The van der Waals surface area contributed by atoms with Gasteiger partial charge in [0.15, 0.2) is 5.82 Å². The Morgan fingerprint density at radius 1 is 0.972 bits per heavy atom. The number of hydrogen-bond acceptors (Lipinski definition) is 4. The minimum atomic E-state index is -3.88. The van der Waals surface area contributed by atoms with E-state index in [2.05, 4.69) is 55.4 Å². The molecule has 3 rings (SSSR count). The van der Waals surface area contributed by atoms with Gasteiger partial charge in [0.2, 0.25) is 0 Å². The second-order valence-corrected chi connectivity index (χ2v) is 11.2. The number of anilines is 1. The van der Waals surface area contributed by atoms with Crippen molar-refractivity contribution in [3.63, 3.8) is 0 Å². The second kappa shape index (κ2) is 12.4. The first-order chi connectivity index (χ1) is 17.2. The smallest absolute Gasteiger partial charge is 0.263 e. The Kier molecular flexibility index (Phi) is 9.55. The Morgan fingerprint density at radius 2 is 1.72 bits per heavy atom. The summed E-state index contributed by atoms with van der Waals surface area (Å²) in [5.74, 6) is 1.11. The average Bonchev–Trinajstić information content (AvgIpc) is 3.17. The van der Waals surface area contributed by atoms with Crippen molar-refractivity contribution in [3.8, 4) is 11.1 Å². The van der Waals surface area contributed by atoms with Gasteiger partial charge in [-0.05, 0) is 61.9 Å². The summed E-state index contributed by atoms with van der Waals surface area (Å²) < 4.78 is 34.8. The summed E-state index contributed by atoms with van der Waals surface area (Å²) in [4.78, 5) is 0.231. The molecule has 0 saturated carbocycles. The van der Waals surface area contributed by atoms with E-state index in [-0.39, 0.29) is 10.7 Å². The Morgan fingerprint density at radius 3 is 2.36 bits per heavy atom. The first-order valence-electron chi connectivity index (χ1n) is 13.0. The third-order valence-corrected chi connectivity index (χ3v) is 8.45. The van der Waals surface area contributed by atoms with Crippen molar-refractivity contribution in [1.29, 1.82) is 0 Å². The summed E-state index contributed by atoms with van der Waals surface area (Å²) in [5, 5.41) is 3.89. The van der Waals surface area contributed by atoms with Crippen LogP contribution in [-0.4, -0.2) is 13.6 Å². The van der Waals surface area contributed by atoms with Crippen LogP contribution >= 0.6 is 0 Å². The molecule has 0 spiro atoms. The van der Waals surface area contributed by atoms with Crippen LogP contribution in [0.15, 0.2) is 58.5 Å². The van der Waals surface area contributed by atoms with Gasteiger partial charge in [-0.3, -0.25) is 4.72 Å². The number of sulfonamides is 1. The highest BCUT2D eigenvalue weighted by molar-refractivity contribution is 7.92. The summed E-state index contributed by atoms with van der Waals surface area (Å²) >= 11 is 0. The van der Waals surface area contributed by atoms with Gasteiger partial charge in [0.25, 0.3) is 10.0 Å². The number of nitrogens with one attached hydrogen (secondary N) is 1. The Hall–Kier alpha value is -2.86. The molecule has 1 heterocycles. The minimum Gasteiger partial charge on any atom is -0.359 e. The van der Waals surface area contributed by atoms with E-state index in [0.29, 0.717) is 22.8 Å². The van der Waals surface area contributed by atoms with Crippen LogP contribution in [0.3, 0.4) is 0 Å². The molecule has 2 aromatic carbocycles. The SMILES string of the molecule is C=CC(CCCCCC)c1ccc(-c2ccccc2S(=O)(=O)Nc2noc(C)c2C)c(CCC)c1C. The molecule has 1 N–H and O–H groups in total. The third kappa shape index (κ3) is 6.09. The molecule has 1 unspecified atom stereocenters. The quantitative estimate of drug-likeness (QED) is 0.186. The van der Waals surface area contributed by atoms with Crippen LogP contribution in [0, 0.1) is 20.8 Å². The molecule has 0 radical (unpaired) electrons. The average molecular weight is 509 g/mol. The van der Waals surface area contributed by atoms with Gasteiger partial charge in [-0.15, -0.1) is 6.58 Å². The van der Waals surface area contributed by atoms with E-state index in [1.165, 1.54) is 42.4 Å². The molecule has 3 aromatic rings. The van der Waals surface area contributed by atoms with Gasteiger partial charge in [-0.25, -0.2) is 8.42 Å². The van der Waals surface area contributed by atoms with E-state index in [9.17, 15) is 8.42 Å². The lowest BCUT2D eigenvalue weighted by atomic mass is 9.84. The van der Waals surface area contributed by atoms with Crippen LogP contribution in [0.25, 0.3) is 11.1 Å². The van der Waals surface area contributed by atoms with Crippen molar-refractivity contribution in [1.82, 2.24) is 5.16 Å². The summed E-state index contributed by atoms with van der Waals surface area (Å²) in [6, 6.07) is 11.4. The molecular formula is C30H40N2O3S.